The van der Waals surface area contributed by atoms with Gasteiger partial charge in [0.1, 0.15) is 0 Å². The number of aryl methyl sites for hydroxylation is 4. The standard InChI is InChI=1S/C32H37N3O3.C31H35N3O3.C4H8O/c1-4-33(5-2)31(36)26-20-34-17-10-18-35-27-19-22(32(37)38-3)15-16-24(27)28(21-11-7-6-8-12-21)30(35)25-14-9-13-23(26)29(25)34;1-3-32(4-2)30(35)25-19-33-16-9-17-34-26-18-21(31(36)37)14-15-23(26)27(20-10-6-5-7-11-20)29(34)24-13-8-12-22(25)28(24)33;1-2-4-5-3-1/h9,13-16,19-21H,4-8,10-12,17-18H2,1-3H3;8,12-15,18-20H,3-7,9-11,16-17H2,1-2H3,(H,36,37);1-4H2. The molecule has 80 heavy (non-hydrogen) atoms. The van der Waals surface area contributed by atoms with Crippen molar-refractivity contribution in [2.45, 2.75) is 156 Å². The van der Waals surface area contributed by atoms with Gasteiger partial charge in [-0.25, -0.2) is 9.59 Å². The van der Waals surface area contributed by atoms with Gasteiger partial charge >= 0.3 is 11.9 Å². The molecule has 5 aliphatic rings. The van der Waals surface area contributed by atoms with Crippen molar-refractivity contribution >= 4 is 67.4 Å². The molecule has 13 nitrogen and oxygen atoms in total. The van der Waals surface area contributed by atoms with E-state index >= 15 is 0 Å². The molecular weight excluding hydrogens is 1000 g/mol. The SMILES string of the molecule is C1CCOC1.CCN(CC)C(=O)c1cn2c3c(cccc13)-c1c(C3CCCCC3)c3ccc(C(=O)O)cc3n1CCC2.CCN(CC)C(=O)c1cn2c3c(cccc13)-c1c(C3CCCCC3)c3ccc(C(=O)OC)cc3n1CCC2. The monoisotopic (exact) mass is 1080 g/mol. The van der Waals surface area contributed by atoms with E-state index in [1.807, 2.05) is 61.8 Å². The summed E-state index contributed by atoms with van der Waals surface area (Å²) in [6.45, 7) is 16.2. The summed E-state index contributed by atoms with van der Waals surface area (Å²) in [6, 6.07) is 24.5. The van der Waals surface area contributed by atoms with E-state index in [2.05, 4.69) is 73.1 Å². The van der Waals surface area contributed by atoms with E-state index in [0.29, 0.717) is 49.1 Å². The van der Waals surface area contributed by atoms with E-state index in [0.717, 1.165) is 115 Å². The van der Waals surface area contributed by atoms with Gasteiger partial charge < -0.3 is 42.6 Å². The number of carbonyl (C=O) groups is 4. The molecule has 7 heterocycles. The number of fused-ring (bicyclic) bond motifs is 8. The summed E-state index contributed by atoms with van der Waals surface area (Å²) in [7, 11) is 1.44. The molecule has 3 fully saturated rings. The number of carboxylic acids is 1. The molecule has 13 heteroatoms. The van der Waals surface area contributed by atoms with Crippen molar-refractivity contribution in [3.8, 4) is 22.5 Å². The Balaban J connectivity index is 0.000000155. The lowest BCUT2D eigenvalue weighted by atomic mass is 9.81. The van der Waals surface area contributed by atoms with Gasteiger partial charge in [0, 0.05) is 122 Å². The molecule has 13 rings (SSSR count). The molecule has 420 valence electrons. The van der Waals surface area contributed by atoms with E-state index in [1.165, 1.54) is 110 Å². The van der Waals surface area contributed by atoms with Gasteiger partial charge in [0.05, 0.1) is 51.8 Å². The number of aromatic carboxylic acids is 1. The van der Waals surface area contributed by atoms with E-state index < -0.39 is 5.97 Å². The van der Waals surface area contributed by atoms with Gasteiger partial charge in [-0.1, -0.05) is 87.1 Å². The number of benzene rings is 4. The molecule has 1 saturated heterocycles. The molecule has 2 aliphatic carbocycles. The molecule has 0 unspecified atom stereocenters. The summed E-state index contributed by atoms with van der Waals surface area (Å²) in [5.74, 6) is -0.0595. The van der Waals surface area contributed by atoms with Crippen LogP contribution in [0.5, 0.6) is 0 Å². The van der Waals surface area contributed by atoms with Crippen LogP contribution in [0, 0.1) is 0 Å². The van der Waals surface area contributed by atoms with Gasteiger partial charge in [-0.15, -0.1) is 0 Å². The molecular formula is C67H80N6O7. The molecule has 8 aromatic rings. The van der Waals surface area contributed by atoms with E-state index in [9.17, 15) is 24.3 Å². The zero-order valence-electron chi connectivity index (χ0n) is 47.8. The van der Waals surface area contributed by atoms with Gasteiger partial charge in [0.25, 0.3) is 11.8 Å². The Kier molecular flexibility index (Phi) is 16.4. The van der Waals surface area contributed by atoms with Crippen LogP contribution in [0.3, 0.4) is 0 Å². The molecule has 0 bridgehead atoms. The second kappa shape index (κ2) is 23.9. The van der Waals surface area contributed by atoms with Crippen molar-refractivity contribution in [1.29, 1.82) is 0 Å². The zero-order valence-corrected chi connectivity index (χ0v) is 47.8. The molecule has 0 radical (unpaired) electrons. The summed E-state index contributed by atoms with van der Waals surface area (Å²) >= 11 is 0. The van der Waals surface area contributed by atoms with Crippen LogP contribution in [0.2, 0.25) is 0 Å². The fourth-order valence-corrected chi connectivity index (χ4v) is 14.3. The molecule has 4 aromatic carbocycles. The molecule has 2 saturated carbocycles. The highest BCUT2D eigenvalue weighted by atomic mass is 16.5. The lowest BCUT2D eigenvalue weighted by Gasteiger charge is -2.25. The number of aromatic nitrogens is 4. The van der Waals surface area contributed by atoms with Crippen molar-refractivity contribution < 1.29 is 33.8 Å². The van der Waals surface area contributed by atoms with Crippen LogP contribution in [-0.4, -0.2) is 103 Å². The molecule has 2 amide bonds. The zero-order chi connectivity index (χ0) is 55.6. The number of carboxylic acid groups (broad SMARTS) is 1. The Morgan fingerprint density at radius 2 is 0.975 bits per heavy atom. The smallest absolute Gasteiger partial charge is 0.337 e. The number of rotatable bonds is 10. The highest BCUT2D eigenvalue weighted by Gasteiger charge is 2.33. The maximum absolute atomic E-state index is 13.5. The number of esters is 1. The number of nitrogens with zero attached hydrogens (tertiary/aromatic N) is 6. The quantitative estimate of drug-likeness (QED) is 0.135. The number of ether oxygens (including phenoxy) is 2. The number of methoxy groups -OCH3 is 1. The fraction of sp³-hybridized carbons (Fsp3) is 0.463. The van der Waals surface area contributed by atoms with Crippen LogP contribution in [0.4, 0.5) is 0 Å². The number of hydrogen-bond acceptors (Lipinski definition) is 6. The lowest BCUT2D eigenvalue weighted by molar-refractivity contribution is 0.0599. The highest BCUT2D eigenvalue weighted by Crippen LogP contribution is 2.49. The van der Waals surface area contributed by atoms with Gasteiger partial charge in [-0.2, -0.15) is 0 Å². The summed E-state index contributed by atoms with van der Waals surface area (Å²) < 4.78 is 19.4. The number of para-hydroxylation sites is 2. The summed E-state index contributed by atoms with van der Waals surface area (Å²) in [4.78, 5) is 55.2. The molecule has 0 atom stereocenters. The van der Waals surface area contributed by atoms with E-state index in [-0.39, 0.29) is 17.8 Å². The van der Waals surface area contributed by atoms with Crippen molar-refractivity contribution in [2.75, 3.05) is 46.5 Å². The normalized spacial score (nSPS) is 16.4. The summed E-state index contributed by atoms with van der Waals surface area (Å²) in [6.07, 6.45) is 20.8. The van der Waals surface area contributed by atoms with Crippen LogP contribution in [0.25, 0.3) is 66.1 Å². The predicted molar refractivity (Wildman–Crippen MR) is 319 cm³/mol. The molecule has 4 aromatic heterocycles. The number of hydrogen-bond donors (Lipinski definition) is 1. The maximum atomic E-state index is 13.5. The van der Waals surface area contributed by atoms with Gasteiger partial charge in [0.2, 0.25) is 0 Å². The van der Waals surface area contributed by atoms with Gasteiger partial charge in [-0.3, -0.25) is 9.59 Å². The fourth-order valence-electron chi connectivity index (χ4n) is 14.3. The van der Waals surface area contributed by atoms with E-state index in [1.54, 1.807) is 6.07 Å². The van der Waals surface area contributed by atoms with Crippen molar-refractivity contribution in [3.63, 3.8) is 0 Å². The maximum Gasteiger partial charge on any atom is 0.337 e. The van der Waals surface area contributed by atoms with Crippen LogP contribution < -0.4 is 0 Å². The van der Waals surface area contributed by atoms with E-state index in [4.69, 9.17) is 9.47 Å². The third-order valence-electron chi connectivity index (χ3n) is 18.2. The van der Waals surface area contributed by atoms with Gasteiger partial charge in [-0.05, 0) is 126 Å². The Labute approximate surface area is 470 Å². The van der Waals surface area contributed by atoms with Crippen molar-refractivity contribution in [2.24, 2.45) is 0 Å². The van der Waals surface area contributed by atoms with Crippen LogP contribution in [0.1, 0.15) is 182 Å². The van der Waals surface area contributed by atoms with Crippen LogP contribution >= 0.6 is 0 Å². The minimum absolute atomic E-state index is 0.0873. The Hall–Kier alpha value is -7.12. The first-order valence-corrected chi connectivity index (χ1v) is 30.1. The minimum atomic E-state index is -0.891. The second-order valence-electron chi connectivity index (χ2n) is 22.6. The Bertz CT molecular complexity index is 3600. The van der Waals surface area contributed by atoms with Gasteiger partial charge in [0.15, 0.2) is 0 Å². The van der Waals surface area contributed by atoms with Crippen LogP contribution in [0.15, 0.2) is 85.2 Å². The Morgan fingerprint density at radius 3 is 1.38 bits per heavy atom. The largest absolute Gasteiger partial charge is 0.478 e. The molecule has 3 aliphatic heterocycles. The third-order valence-corrected chi connectivity index (χ3v) is 18.2. The number of amides is 2. The van der Waals surface area contributed by atoms with Crippen molar-refractivity contribution in [3.05, 3.63) is 119 Å². The highest BCUT2D eigenvalue weighted by molar-refractivity contribution is 6.13. The Morgan fingerprint density at radius 1 is 0.537 bits per heavy atom. The molecule has 0 spiro atoms. The topological polar surface area (TPSA) is 133 Å². The predicted octanol–water partition coefficient (Wildman–Crippen LogP) is 14.7. The van der Waals surface area contributed by atoms with Crippen molar-refractivity contribution in [1.82, 2.24) is 28.1 Å². The first kappa shape index (κ1) is 54.8. The summed E-state index contributed by atoms with van der Waals surface area (Å²) in [5.41, 5.74) is 14.5. The molecule has 1 N–H and O–H groups in total. The average Bonchev–Trinajstić information content (AvgIpc) is 4.46. The first-order valence-electron chi connectivity index (χ1n) is 30.1. The summed E-state index contributed by atoms with van der Waals surface area (Å²) in [5, 5.41) is 14.2. The second-order valence-corrected chi connectivity index (χ2v) is 22.6. The average molecular weight is 1080 g/mol. The minimum Gasteiger partial charge on any atom is -0.478 e. The first-order chi connectivity index (χ1) is 39.1. The lowest BCUT2D eigenvalue weighted by Crippen LogP contribution is -2.30. The third kappa shape index (κ3) is 10.0. The number of carbonyl (C=O) groups excluding carboxylic acids is 3. The van der Waals surface area contributed by atoms with Crippen LogP contribution in [-0.2, 0) is 35.7 Å².